The van der Waals surface area contributed by atoms with Crippen molar-refractivity contribution in [1.82, 2.24) is 4.90 Å². The minimum atomic E-state index is -3.32. The molecule has 0 saturated heterocycles. The van der Waals surface area contributed by atoms with Gasteiger partial charge in [0.1, 0.15) is 12.2 Å². The number of hydrogen-bond acceptors (Lipinski definition) is 6. The van der Waals surface area contributed by atoms with Gasteiger partial charge in [-0.2, -0.15) is 0 Å². The largest absolute Gasteiger partial charge is 0.462 e. The maximum atomic E-state index is 12.8. The van der Waals surface area contributed by atoms with Crippen molar-refractivity contribution in [2.24, 2.45) is 0 Å². The number of hydrogen-bond donors (Lipinski definition) is 0. The Bertz CT molecular complexity index is 1190. The van der Waals surface area contributed by atoms with E-state index < -0.39 is 48.8 Å². The van der Waals surface area contributed by atoms with Crippen LogP contribution >= 0.6 is 11.6 Å². The molecule has 0 aliphatic carbocycles. The molecule has 2 aromatic carbocycles. The minimum Gasteiger partial charge on any atom is -0.462 e. The van der Waals surface area contributed by atoms with E-state index in [-0.39, 0.29) is 27.7 Å². The first-order chi connectivity index (χ1) is 16.4. The van der Waals surface area contributed by atoms with Crippen LogP contribution in [0.3, 0.4) is 0 Å². The van der Waals surface area contributed by atoms with Crippen LogP contribution in [-0.4, -0.2) is 54.7 Å². The predicted molar refractivity (Wildman–Crippen MR) is 114 cm³/mol. The number of Topliss-reactive ketones (excluding diaryl/α,β-unsaturated/α-hetero) is 1. The van der Waals surface area contributed by atoms with Gasteiger partial charge in [0.25, 0.3) is 11.8 Å². The van der Waals surface area contributed by atoms with Gasteiger partial charge in [0.05, 0.1) is 36.3 Å². The molecular formula is C23H20ClNO6. The molecule has 31 heavy (non-hydrogen) atoms. The summed E-state index contributed by atoms with van der Waals surface area (Å²) < 4.78 is 42.3. The molecule has 0 radical (unpaired) electrons. The molecule has 0 N–H and O–H groups in total. The molecule has 0 unspecified atom stereocenters. The van der Waals surface area contributed by atoms with E-state index in [9.17, 15) is 19.2 Å². The second kappa shape index (κ2) is 10.1. The van der Waals surface area contributed by atoms with Gasteiger partial charge in [-0.15, -0.1) is 0 Å². The highest BCUT2D eigenvalue weighted by atomic mass is 35.5. The topological polar surface area (TPSA) is 90.0 Å². The van der Waals surface area contributed by atoms with Crippen LogP contribution in [0.5, 0.6) is 0 Å². The van der Waals surface area contributed by atoms with Crippen LogP contribution < -0.4 is 0 Å². The number of nitrogens with zero attached hydrogens (tertiary/aromatic N) is 1. The number of ether oxygens (including phenoxy) is 2. The van der Waals surface area contributed by atoms with Crippen LogP contribution in [0.1, 0.15) is 38.7 Å². The molecule has 2 amide bonds. The number of carbonyl (C=O) groups is 4. The second-order valence-electron chi connectivity index (χ2n) is 6.22. The Morgan fingerprint density at radius 1 is 1.06 bits per heavy atom. The third-order valence-electron chi connectivity index (χ3n) is 4.23. The molecule has 1 aliphatic heterocycles. The summed E-state index contributed by atoms with van der Waals surface area (Å²) in [5, 5.41) is 0.236. The number of fused-ring (bicyclic) bond motifs is 1. The van der Waals surface area contributed by atoms with Gasteiger partial charge >= 0.3 is 5.97 Å². The van der Waals surface area contributed by atoms with Gasteiger partial charge in [0.2, 0.25) is 0 Å². The fourth-order valence-corrected chi connectivity index (χ4v) is 2.95. The maximum absolute atomic E-state index is 12.8. The van der Waals surface area contributed by atoms with Gasteiger partial charge in [-0.1, -0.05) is 41.9 Å². The zero-order valence-corrected chi connectivity index (χ0v) is 17.1. The van der Waals surface area contributed by atoms with Crippen LogP contribution in [-0.2, 0) is 19.1 Å². The van der Waals surface area contributed by atoms with Gasteiger partial charge in [0.15, 0.2) is 5.78 Å². The van der Waals surface area contributed by atoms with Crippen LogP contribution in [0.25, 0.3) is 6.08 Å². The van der Waals surface area contributed by atoms with Crippen molar-refractivity contribution in [3.8, 4) is 0 Å². The number of benzene rings is 2. The van der Waals surface area contributed by atoms with Crippen LogP contribution in [0, 0.1) is 0 Å². The lowest BCUT2D eigenvalue weighted by Crippen LogP contribution is -2.33. The van der Waals surface area contributed by atoms with E-state index in [1.54, 1.807) is 12.1 Å². The smallest absolute Gasteiger partial charge is 0.341 e. The lowest BCUT2D eigenvalue weighted by molar-refractivity contribution is -0.140. The molecule has 2 aromatic rings. The Morgan fingerprint density at radius 2 is 1.68 bits per heavy atom. The first-order valence-electron chi connectivity index (χ1n) is 11.2. The average Bonchev–Trinajstić information content (AvgIpc) is 3.07. The molecule has 0 fully saturated rings. The number of rotatable bonds is 9. The minimum absolute atomic E-state index is 0.0457. The third-order valence-corrected chi connectivity index (χ3v) is 4.57. The zero-order chi connectivity index (χ0) is 26.0. The SMILES string of the molecule is [2H]C([2H])(OCC(=O)/C(=C/c1ccccc1Cl)C(=O)OCC)C([2H])([2H])N1C(=O)c2ccccc2C1=O. The quantitative estimate of drug-likeness (QED) is 0.193. The number of imide groups is 1. The van der Waals surface area contributed by atoms with Gasteiger partial charge < -0.3 is 9.47 Å². The first kappa shape index (κ1) is 17.4. The van der Waals surface area contributed by atoms with Crippen molar-refractivity contribution < 1.29 is 34.1 Å². The molecule has 0 saturated carbocycles. The molecule has 0 aromatic heterocycles. The van der Waals surface area contributed by atoms with Crippen molar-refractivity contribution in [3.63, 3.8) is 0 Å². The number of halogens is 1. The summed E-state index contributed by atoms with van der Waals surface area (Å²) in [4.78, 5) is 50.6. The first-order valence-corrected chi connectivity index (χ1v) is 9.58. The van der Waals surface area contributed by atoms with Gasteiger partial charge in [0, 0.05) is 5.02 Å². The Kier molecular flexibility index (Phi) is 5.70. The monoisotopic (exact) mass is 445 g/mol. The molecule has 3 rings (SSSR count). The van der Waals surface area contributed by atoms with E-state index in [0.29, 0.717) is 5.56 Å². The number of esters is 1. The van der Waals surface area contributed by atoms with Crippen LogP contribution in [0.4, 0.5) is 0 Å². The summed E-state index contributed by atoms with van der Waals surface area (Å²) in [7, 11) is 0. The fourth-order valence-electron chi connectivity index (χ4n) is 2.76. The molecule has 1 aliphatic rings. The number of carbonyl (C=O) groups excluding carboxylic acids is 4. The van der Waals surface area contributed by atoms with E-state index in [1.165, 1.54) is 43.3 Å². The van der Waals surface area contributed by atoms with Gasteiger partial charge in [-0.05, 0) is 36.8 Å². The molecule has 8 heteroatoms. The Balaban J connectivity index is 1.84. The molecule has 0 spiro atoms. The normalized spacial score (nSPS) is 16.2. The van der Waals surface area contributed by atoms with Crippen LogP contribution in [0.2, 0.25) is 5.02 Å². The third kappa shape index (κ3) is 5.07. The van der Waals surface area contributed by atoms with Crippen molar-refractivity contribution >= 4 is 41.2 Å². The summed E-state index contributed by atoms with van der Waals surface area (Å²) in [6.45, 7) is -6.22. The van der Waals surface area contributed by atoms with E-state index >= 15 is 0 Å². The second-order valence-corrected chi connectivity index (χ2v) is 6.62. The van der Waals surface area contributed by atoms with Crippen molar-refractivity contribution in [2.45, 2.75) is 6.92 Å². The van der Waals surface area contributed by atoms with E-state index in [4.69, 9.17) is 26.6 Å². The predicted octanol–water partition coefficient (Wildman–Crippen LogP) is 3.17. The highest BCUT2D eigenvalue weighted by Gasteiger charge is 2.34. The highest BCUT2D eigenvalue weighted by molar-refractivity contribution is 6.32. The van der Waals surface area contributed by atoms with E-state index in [1.807, 2.05) is 0 Å². The zero-order valence-electron chi connectivity index (χ0n) is 20.4. The lowest BCUT2D eigenvalue weighted by atomic mass is 10.1. The Labute approximate surface area is 189 Å². The summed E-state index contributed by atoms with van der Waals surface area (Å²) in [5.41, 5.74) is -0.354. The summed E-state index contributed by atoms with van der Waals surface area (Å²) in [5.74, 6) is -4.11. The van der Waals surface area contributed by atoms with Crippen molar-refractivity contribution in [1.29, 1.82) is 0 Å². The Morgan fingerprint density at radius 3 is 2.29 bits per heavy atom. The number of ketones is 1. The van der Waals surface area contributed by atoms with Gasteiger partial charge in [-0.3, -0.25) is 19.3 Å². The fraction of sp³-hybridized carbons (Fsp3) is 0.217. The van der Waals surface area contributed by atoms with Crippen molar-refractivity contribution in [3.05, 3.63) is 75.8 Å². The molecule has 0 bridgehead atoms. The molecular weight excluding hydrogens is 422 g/mol. The number of amides is 2. The van der Waals surface area contributed by atoms with Crippen LogP contribution in [0.15, 0.2) is 54.1 Å². The molecule has 160 valence electrons. The summed E-state index contributed by atoms with van der Waals surface area (Å²) in [6, 6.07) is 11.9. The standard InChI is InChI=1S/C23H20ClNO6/c1-2-31-23(29)18(13-15-7-3-6-10-19(15)24)20(26)14-30-12-11-25-21(27)16-8-4-5-9-17(16)22(25)28/h3-10,13H,2,11-12,14H2,1H3/b18-13-/i11D2,12D2. The molecule has 1 heterocycles. The summed E-state index contributed by atoms with van der Waals surface area (Å²) >= 11 is 6.08. The van der Waals surface area contributed by atoms with E-state index in [0.717, 1.165) is 6.08 Å². The maximum Gasteiger partial charge on any atom is 0.341 e. The van der Waals surface area contributed by atoms with Gasteiger partial charge in [-0.25, -0.2) is 4.79 Å². The van der Waals surface area contributed by atoms with E-state index in [2.05, 4.69) is 0 Å². The highest BCUT2D eigenvalue weighted by Crippen LogP contribution is 2.22. The average molecular weight is 446 g/mol. The Hall–Kier alpha value is -3.29. The lowest BCUT2D eigenvalue weighted by Gasteiger charge is -2.14. The van der Waals surface area contributed by atoms with Crippen molar-refractivity contribution in [2.75, 3.05) is 26.3 Å². The molecule has 7 nitrogen and oxygen atoms in total. The summed E-state index contributed by atoms with van der Waals surface area (Å²) in [6.07, 6.45) is 1.15. The molecule has 0 atom stereocenters.